The summed E-state index contributed by atoms with van der Waals surface area (Å²) in [4.78, 5) is 18.9. The number of rotatable bonds is 5. The van der Waals surface area contributed by atoms with E-state index in [0.29, 0.717) is 18.0 Å². The third kappa shape index (κ3) is 3.97. The van der Waals surface area contributed by atoms with Crippen molar-refractivity contribution in [2.24, 2.45) is 11.7 Å². The van der Waals surface area contributed by atoms with E-state index < -0.39 is 0 Å². The molecule has 1 atom stereocenters. The second-order valence-corrected chi connectivity index (χ2v) is 6.52. The van der Waals surface area contributed by atoms with Crippen LogP contribution in [-0.2, 0) is 0 Å². The molecule has 0 bridgehead atoms. The van der Waals surface area contributed by atoms with Gasteiger partial charge in [-0.25, -0.2) is 4.98 Å². The molecule has 22 heavy (non-hydrogen) atoms. The quantitative estimate of drug-likeness (QED) is 0.872. The Morgan fingerprint density at radius 1 is 1.27 bits per heavy atom. The molecule has 3 N–H and O–H groups in total. The van der Waals surface area contributed by atoms with Crippen molar-refractivity contribution in [2.45, 2.75) is 44.6 Å². The van der Waals surface area contributed by atoms with Crippen LogP contribution in [0.3, 0.4) is 0 Å². The molecule has 1 aromatic rings. The fourth-order valence-electron chi connectivity index (χ4n) is 3.01. The van der Waals surface area contributed by atoms with Crippen molar-refractivity contribution in [2.75, 3.05) is 24.5 Å². The van der Waals surface area contributed by atoms with Gasteiger partial charge in [-0.15, -0.1) is 0 Å². The smallest absolute Gasteiger partial charge is 0.252 e. The Kier molecular flexibility index (Phi) is 4.93. The Bertz CT molecular complexity index is 490. The summed E-state index contributed by atoms with van der Waals surface area (Å²) in [6, 6.07) is 3.92. The number of nitrogens with one attached hydrogen (secondary N) is 1. The summed E-state index contributed by atoms with van der Waals surface area (Å²) in [6.07, 6.45) is 9.13. The van der Waals surface area contributed by atoms with Gasteiger partial charge in [0, 0.05) is 31.9 Å². The molecule has 0 radical (unpaired) electrons. The predicted octanol–water partition coefficient (Wildman–Crippen LogP) is 1.93. The highest BCUT2D eigenvalue weighted by atomic mass is 16.1. The highest BCUT2D eigenvalue weighted by Gasteiger charge is 2.28. The van der Waals surface area contributed by atoms with Gasteiger partial charge in [0.15, 0.2) is 0 Å². The van der Waals surface area contributed by atoms with Crippen molar-refractivity contribution in [3.05, 3.63) is 23.9 Å². The average molecular weight is 302 g/mol. The van der Waals surface area contributed by atoms with Crippen molar-refractivity contribution in [1.82, 2.24) is 10.3 Å². The molecule has 1 unspecified atom stereocenters. The summed E-state index contributed by atoms with van der Waals surface area (Å²) in [6.45, 7) is 2.68. The number of carbonyl (C=O) groups is 1. The van der Waals surface area contributed by atoms with Gasteiger partial charge in [-0.1, -0.05) is 12.8 Å². The van der Waals surface area contributed by atoms with Crippen molar-refractivity contribution in [3.63, 3.8) is 0 Å². The van der Waals surface area contributed by atoms with E-state index in [1.165, 1.54) is 38.5 Å². The predicted molar refractivity (Wildman–Crippen MR) is 88.0 cm³/mol. The average Bonchev–Trinajstić information content (AvgIpc) is 3.38. The van der Waals surface area contributed by atoms with Gasteiger partial charge in [0.25, 0.3) is 5.91 Å². The largest absolute Gasteiger partial charge is 0.357 e. The van der Waals surface area contributed by atoms with Crippen LogP contribution in [0.1, 0.15) is 48.9 Å². The van der Waals surface area contributed by atoms with Crippen LogP contribution in [0.25, 0.3) is 0 Å². The van der Waals surface area contributed by atoms with Crippen LogP contribution in [0, 0.1) is 5.92 Å². The number of pyridine rings is 1. The second kappa shape index (κ2) is 7.09. The van der Waals surface area contributed by atoms with Crippen LogP contribution in [-0.4, -0.2) is 36.6 Å². The Morgan fingerprint density at radius 2 is 2.00 bits per heavy atom. The number of aromatic nitrogens is 1. The van der Waals surface area contributed by atoms with Gasteiger partial charge in [0.2, 0.25) is 0 Å². The lowest BCUT2D eigenvalue weighted by Crippen LogP contribution is -2.38. The molecule has 1 aliphatic heterocycles. The lowest BCUT2D eigenvalue weighted by molar-refractivity contribution is 0.0950. The first-order valence-electron chi connectivity index (χ1n) is 8.49. The van der Waals surface area contributed by atoms with E-state index in [-0.39, 0.29) is 11.9 Å². The third-order valence-electron chi connectivity index (χ3n) is 4.67. The summed E-state index contributed by atoms with van der Waals surface area (Å²) in [5.41, 5.74) is 6.62. The van der Waals surface area contributed by atoms with Gasteiger partial charge >= 0.3 is 0 Å². The maximum Gasteiger partial charge on any atom is 0.252 e. The number of hydrogen-bond acceptors (Lipinski definition) is 4. The zero-order valence-corrected chi connectivity index (χ0v) is 13.1. The molecule has 1 aromatic heterocycles. The summed E-state index contributed by atoms with van der Waals surface area (Å²) in [5, 5.41) is 2.91. The Hall–Kier alpha value is -1.62. The third-order valence-corrected chi connectivity index (χ3v) is 4.67. The lowest BCUT2D eigenvalue weighted by Gasteiger charge is -2.21. The zero-order valence-electron chi connectivity index (χ0n) is 13.1. The maximum absolute atomic E-state index is 12.1. The number of nitrogens with two attached hydrogens (primary N) is 1. The van der Waals surface area contributed by atoms with E-state index >= 15 is 0 Å². The van der Waals surface area contributed by atoms with Crippen LogP contribution in [0.4, 0.5) is 5.82 Å². The van der Waals surface area contributed by atoms with Crippen LogP contribution < -0.4 is 16.0 Å². The standard InChI is InChI=1S/C17H26N4O/c18-15(13-5-6-13)12-20-17(22)14-7-8-16(19-11-14)21-9-3-1-2-4-10-21/h7-8,11,13,15H,1-6,9-10,12,18H2,(H,20,22). The minimum Gasteiger partial charge on any atom is -0.357 e. The van der Waals surface area contributed by atoms with E-state index in [0.717, 1.165) is 18.9 Å². The van der Waals surface area contributed by atoms with E-state index in [4.69, 9.17) is 5.73 Å². The molecule has 1 aliphatic carbocycles. The molecule has 120 valence electrons. The topological polar surface area (TPSA) is 71.2 Å². The highest BCUT2D eigenvalue weighted by molar-refractivity contribution is 5.94. The van der Waals surface area contributed by atoms with E-state index in [1.54, 1.807) is 6.20 Å². The zero-order chi connectivity index (χ0) is 15.4. The lowest BCUT2D eigenvalue weighted by atomic mass is 10.2. The molecule has 1 saturated heterocycles. The summed E-state index contributed by atoms with van der Waals surface area (Å²) in [7, 11) is 0. The van der Waals surface area contributed by atoms with Crippen molar-refractivity contribution >= 4 is 11.7 Å². The Balaban J connectivity index is 1.54. The number of carbonyl (C=O) groups excluding carboxylic acids is 1. The fraction of sp³-hybridized carbons (Fsp3) is 0.647. The second-order valence-electron chi connectivity index (χ2n) is 6.52. The highest BCUT2D eigenvalue weighted by Crippen LogP contribution is 2.31. The van der Waals surface area contributed by atoms with Crippen LogP contribution >= 0.6 is 0 Å². The summed E-state index contributed by atoms with van der Waals surface area (Å²) < 4.78 is 0. The molecule has 3 rings (SSSR count). The molecule has 5 heteroatoms. The monoisotopic (exact) mass is 302 g/mol. The Labute approximate surface area is 132 Å². The van der Waals surface area contributed by atoms with Gasteiger partial charge in [-0.05, 0) is 43.7 Å². The molecule has 0 aromatic carbocycles. The van der Waals surface area contributed by atoms with Crippen molar-refractivity contribution < 1.29 is 4.79 Å². The number of nitrogens with zero attached hydrogens (tertiary/aromatic N) is 2. The van der Waals surface area contributed by atoms with E-state index in [1.807, 2.05) is 12.1 Å². The Morgan fingerprint density at radius 3 is 2.59 bits per heavy atom. The van der Waals surface area contributed by atoms with Crippen molar-refractivity contribution in [3.8, 4) is 0 Å². The molecule has 2 heterocycles. The van der Waals surface area contributed by atoms with E-state index in [9.17, 15) is 4.79 Å². The molecule has 5 nitrogen and oxygen atoms in total. The molecule has 1 saturated carbocycles. The summed E-state index contributed by atoms with van der Waals surface area (Å²) >= 11 is 0. The van der Waals surface area contributed by atoms with Crippen molar-refractivity contribution in [1.29, 1.82) is 0 Å². The van der Waals surface area contributed by atoms with Gasteiger partial charge < -0.3 is 16.0 Å². The number of hydrogen-bond donors (Lipinski definition) is 2. The SMILES string of the molecule is NC(CNC(=O)c1ccc(N2CCCCCC2)nc1)C1CC1. The van der Waals surface area contributed by atoms with Crippen LogP contribution in [0.15, 0.2) is 18.3 Å². The van der Waals surface area contributed by atoms with Gasteiger partial charge in [-0.2, -0.15) is 0 Å². The number of amides is 1. The van der Waals surface area contributed by atoms with Gasteiger partial charge in [-0.3, -0.25) is 4.79 Å². The maximum atomic E-state index is 12.1. The van der Waals surface area contributed by atoms with Gasteiger partial charge in [0.05, 0.1) is 5.56 Å². The molecule has 0 spiro atoms. The fourth-order valence-corrected chi connectivity index (χ4v) is 3.01. The minimum absolute atomic E-state index is 0.0778. The molecular weight excluding hydrogens is 276 g/mol. The normalized spacial score (nSPS) is 20.3. The first kappa shape index (κ1) is 15.3. The summed E-state index contributed by atoms with van der Waals surface area (Å²) in [5.74, 6) is 1.50. The first-order valence-corrected chi connectivity index (χ1v) is 8.49. The first-order chi connectivity index (χ1) is 10.7. The molecule has 2 aliphatic rings. The van der Waals surface area contributed by atoms with Gasteiger partial charge in [0.1, 0.15) is 5.82 Å². The van der Waals surface area contributed by atoms with Crippen LogP contribution in [0.2, 0.25) is 0 Å². The number of anilines is 1. The molecular formula is C17H26N4O. The molecule has 2 fully saturated rings. The van der Waals surface area contributed by atoms with Crippen LogP contribution in [0.5, 0.6) is 0 Å². The minimum atomic E-state index is -0.0778. The molecule has 1 amide bonds. The van der Waals surface area contributed by atoms with E-state index in [2.05, 4.69) is 15.2 Å².